The van der Waals surface area contributed by atoms with Crippen molar-refractivity contribution in [1.29, 1.82) is 0 Å². The maximum absolute atomic E-state index is 13.1. The van der Waals surface area contributed by atoms with Gasteiger partial charge in [0.25, 0.3) is 11.7 Å². The molecule has 3 rings (SSSR count). The number of aliphatic hydroxyl groups excluding tert-OH is 1. The second kappa shape index (κ2) is 10.5. The van der Waals surface area contributed by atoms with Gasteiger partial charge in [0.2, 0.25) is 0 Å². The first-order valence-corrected chi connectivity index (χ1v) is 11.1. The Morgan fingerprint density at radius 1 is 1.09 bits per heavy atom. The quantitative estimate of drug-likeness (QED) is 0.363. The Kier molecular flexibility index (Phi) is 7.70. The molecule has 0 unspecified atom stereocenters. The molecule has 1 atom stereocenters. The number of ketones is 1. The van der Waals surface area contributed by atoms with Gasteiger partial charge in [-0.1, -0.05) is 55.8 Å². The third-order valence-electron chi connectivity index (χ3n) is 6.04. The van der Waals surface area contributed by atoms with E-state index in [0.29, 0.717) is 17.9 Å². The molecule has 1 amide bonds. The van der Waals surface area contributed by atoms with Gasteiger partial charge in [0.15, 0.2) is 0 Å². The molecule has 1 aliphatic heterocycles. The van der Waals surface area contributed by atoms with E-state index in [1.54, 1.807) is 36.3 Å². The van der Waals surface area contributed by atoms with Gasteiger partial charge >= 0.3 is 0 Å². The SMILES string of the molecule is CCN(CC)CCCN1C(=O)C(=O)/C(=C(/O)c2cccc(OC)c2)[C@H]1c1ccc(C)cc1. The summed E-state index contributed by atoms with van der Waals surface area (Å²) in [6, 6.07) is 14.0. The number of methoxy groups -OCH3 is 1. The topological polar surface area (TPSA) is 70.1 Å². The fourth-order valence-corrected chi connectivity index (χ4v) is 4.14. The van der Waals surface area contributed by atoms with E-state index in [-0.39, 0.29) is 11.3 Å². The van der Waals surface area contributed by atoms with E-state index in [0.717, 1.165) is 37.2 Å². The largest absolute Gasteiger partial charge is 0.507 e. The summed E-state index contributed by atoms with van der Waals surface area (Å²) in [5, 5.41) is 11.1. The Balaban J connectivity index is 2.03. The number of rotatable bonds is 9. The zero-order chi connectivity index (χ0) is 23.3. The minimum atomic E-state index is -0.654. The van der Waals surface area contributed by atoms with Crippen LogP contribution in [0.2, 0.25) is 0 Å². The van der Waals surface area contributed by atoms with Crippen LogP contribution in [0.4, 0.5) is 0 Å². The molecule has 1 aliphatic rings. The van der Waals surface area contributed by atoms with Gasteiger partial charge in [-0.15, -0.1) is 0 Å². The maximum atomic E-state index is 13.1. The summed E-state index contributed by atoms with van der Waals surface area (Å²) in [5.41, 5.74) is 2.46. The highest BCUT2D eigenvalue weighted by Crippen LogP contribution is 2.39. The van der Waals surface area contributed by atoms with Crippen LogP contribution in [0.1, 0.15) is 43.0 Å². The number of aryl methyl sites for hydroxylation is 1. The van der Waals surface area contributed by atoms with Crippen LogP contribution in [0.5, 0.6) is 5.75 Å². The molecule has 6 nitrogen and oxygen atoms in total. The van der Waals surface area contributed by atoms with Crippen molar-refractivity contribution in [2.24, 2.45) is 0 Å². The highest BCUT2D eigenvalue weighted by molar-refractivity contribution is 6.46. The Hall–Kier alpha value is -3.12. The van der Waals surface area contributed by atoms with E-state index < -0.39 is 17.7 Å². The summed E-state index contributed by atoms with van der Waals surface area (Å²) in [6.45, 7) is 9.35. The molecule has 0 aromatic heterocycles. The van der Waals surface area contributed by atoms with Gasteiger partial charge in [-0.2, -0.15) is 0 Å². The fourth-order valence-electron chi connectivity index (χ4n) is 4.14. The van der Waals surface area contributed by atoms with Crippen LogP contribution in [0.15, 0.2) is 54.1 Å². The normalized spacial score (nSPS) is 17.9. The molecular formula is C26H32N2O4. The molecule has 6 heteroatoms. The zero-order valence-corrected chi connectivity index (χ0v) is 19.3. The summed E-state index contributed by atoms with van der Waals surface area (Å²) in [4.78, 5) is 30.0. The number of likely N-dealkylation sites (tertiary alicyclic amines) is 1. The van der Waals surface area contributed by atoms with Crippen molar-refractivity contribution >= 4 is 17.4 Å². The second-order valence-electron chi connectivity index (χ2n) is 8.02. The molecule has 1 N–H and O–H groups in total. The van der Waals surface area contributed by atoms with E-state index in [1.807, 2.05) is 31.2 Å². The molecule has 1 saturated heterocycles. The van der Waals surface area contributed by atoms with Crippen LogP contribution < -0.4 is 4.74 Å². The van der Waals surface area contributed by atoms with Gasteiger partial charge in [0.05, 0.1) is 18.7 Å². The average Bonchev–Trinajstić information content (AvgIpc) is 3.07. The first kappa shape index (κ1) is 23.5. The van der Waals surface area contributed by atoms with Crippen LogP contribution in [-0.4, -0.2) is 59.9 Å². The number of hydrogen-bond donors (Lipinski definition) is 1. The molecule has 32 heavy (non-hydrogen) atoms. The Morgan fingerprint density at radius 2 is 1.78 bits per heavy atom. The number of hydrogen-bond acceptors (Lipinski definition) is 5. The Bertz CT molecular complexity index is 993. The minimum Gasteiger partial charge on any atom is -0.507 e. The summed E-state index contributed by atoms with van der Waals surface area (Å²) in [6.07, 6.45) is 0.746. The molecule has 0 saturated carbocycles. The molecular weight excluding hydrogens is 404 g/mol. The number of ether oxygens (including phenoxy) is 1. The molecule has 0 spiro atoms. The third kappa shape index (κ3) is 4.86. The lowest BCUT2D eigenvalue weighted by atomic mass is 9.94. The standard InChI is InChI=1S/C26H32N2O4/c1-5-27(6-2)15-8-16-28-23(19-13-11-18(3)12-14-19)22(25(30)26(28)31)24(29)20-9-7-10-21(17-20)32-4/h7,9-14,17,23,29H,5-6,8,15-16H2,1-4H3/b24-22+/t23-/m1/s1. The van der Waals surface area contributed by atoms with Gasteiger partial charge in [-0.3, -0.25) is 9.59 Å². The van der Waals surface area contributed by atoms with E-state index in [4.69, 9.17) is 4.74 Å². The van der Waals surface area contributed by atoms with Crippen molar-refractivity contribution in [2.75, 3.05) is 33.3 Å². The number of benzene rings is 2. The molecule has 2 aromatic rings. The predicted octanol–water partition coefficient (Wildman–Crippen LogP) is 4.16. The highest BCUT2D eigenvalue weighted by Gasteiger charge is 2.45. The van der Waals surface area contributed by atoms with Crippen molar-refractivity contribution in [2.45, 2.75) is 33.2 Å². The summed E-state index contributed by atoms with van der Waals surface area (Å²) < 4.78 is 5.26. The number of nitrogens with zero attached hydrogens (tertiary/aromatic N) is 2. The van der Waals surface area contributed by atoms with Crippen LogP contribution >= 0.6 is 0 Å². The third-order valence-corrected chi connectivity index (χ3v) is 6.04. The van der Waals surface area contributed by atoms with Crippen LogP contribution in [0, 0.1) is 6.92 Å². The van der Waals surface area contributed by atoms with Gasteiger partial charge in [0.1, 0.15) is 11.5 Å². The number of amides is 1. The van der Waals surface area contributed by atoms with Crippen molar-refractivity contribution in [3.05, 3.63) is 70.8 Å². The number of Topliss-reactive ketones (excluding diaryl/α,β-unsaturated/α-hetero) is 1. The van der Waals surface area contributed by atoms with Crippen LogP contribution in [0.25, 0.3) is 5.76 Å². The van der Waals surface area contributed by atoms with Gasteiger partial charge < -0.3 is 19.6 Å². The highest BCUT2D eigenvalue weighted by atomic mass is 16.5. The lowest BCUT2D eigenvalue weighted by Gasteiger charge is -2.27. The maximum Gasteiger partial charge on any atom is 0.295 e. The fraction of sp³-hybridized carbons (Fsp3) is 0.385. The number of carbonyl (C=O) groups excluding carboxylic acids is 2. The Morgan fingerprint density at radius 3 is 2.41 bits per heavy atom. The lowest BCUT2D eigenvalue weighted by Crippen LogP contribution is -2.33. The van der Waals surface area contributed by atoms with Crippen molar-refractivity contribution in [3.8, 4) is 5.75 Å². The molecule has 1 heterocycles. The van der Waals surface area contributed by atoms with E-state index >= 15 is 0 Å². The van der Waals surface area contributed by atoms with Crippen LogP contribution in [0.3, 0.4) is 0 Å². The molecule has 170 valence electrons. The van der Waals surface area contributed by atoms with Crippen molar-refractivity contribution in [1.82, 2.24) is 9.80 Å². The molecule has 2 aromatic carbocycles. The number of aliphatic hydroxyl groups is 1. The zero-order valence-electron chi connectivity index (χ0n) is 19.3. The summed E-state index contributed by atoms with van der Waals surface area (Å²) >= 11 is 0. The van der Waals surface area contributed by atoms with Crippen molar-refractivity contribution < 1.29 is 19.4 Å². The van der Waals surface area contributed by atoms with Gasteiger partial charge in [-0.05, 0) is 50.7 Å². The van der Waals surface area contributed by atoms with Gasteiger partial charge in [0, 0.05) is 12.1 Å². The minimum absolute atomic E-state index is 0.120. The van der Waals surface area contributed by atoms with E-state index in [2.05, 4.69) is 18.7 Å². The summed E-state index contributed by atoms with van der Waals surface area (Å²) in [7, 11) is 1.54. The van der Waals surface area contributed by atoms with Crippen molar-refractivity contribution in [3.63, 3.8) is 0 Å². The first-order chi connectivity index (χ1) is 15.4. The second-order valence-corrected chi connectivity index (χ2v) is 8.02. The van der Waals surface area contributed by atoms with Gasteiger partial charge in [-0.25, -0.2) is 0 Å². The monoisotopic (exact) mass is 436 g/mol. The van der Waals surface area contributed by atoms with E-state index in [1.165, 1.54) is 0 Å². The first-order valence-electron chi connectivity index (χ1n) is 11.1. The number of carbonyl (C=O) groups is 2. The Labute approximate surface area is 190 Å². The summed E-state index contributed by atoms with van der Waals surface area (Å²) in [5.74, 6) is -0.841. The predicted molar refractivity (Wildman–Crippen MR) is 126 cm³/mol. The van der Waals surface area contributed by atoms with E-state index in [9.17, 15) is 14.7 Å². The molecule has 1 fully saturated rings. The lowest BCUT2D eigenvalue weighted by molar-refractivity contribution is -0.140. The molecule has 0 radical (unpaired) electrons. The average molecular weight is 437 g/mol. The smallest absolute Gasteiger partial charge is 0.295 e. The van der Waals surface area contributed by atoms with Crippen LogP contribution in [-0.2, 0) is 9.59 Å². The molecule has 0 aliphatic carbocycles. The molecule has 0 bridgehead atoms.